The van der Waals surface area contributed by atoms with Crippen molar-refractivity contribution < 1.29 is 19.8 Å². The number of hydrogen-bond donors (Lipinski definition) is 7. The summed E-state index contributed by atoms with van der Waals surface area (Å²) in [5.74, 6) is -0.427. The molecule has 51 heavy (non-hydrogen) atoms. The molecule has 11 nitrogen and oxygen atoms in total. The number of H-pyrrole nitrogens is 1. The molecule has 1 saturated heterocycles. The first-order chi connectivity index (χ1) is 24.8. The number of hydrogen-bond acceptors (Lipinski definition) is 7. The molecule has 1 fully saturated rings. The molecule has 3 amide bonds. The third kappa shape index (κ3) is 7.96. The SMILES string of the molecule is NC(=O)C(c1ccccc1)(c1ccccc1)[C@@H]1CCN(CCNC(=O)NCc2cccc(CNC[C@H](O)c3ccc(O)c4[nH]c(=O)ccc34)c2)C1. The number of aliphatic hydroxyl groups is 1. The number of likely N-dealkylation sites (tertiary alicyclic amines) is 1. The van der Waals surface area contributed by atoms with E-state index >= 15 is 0 Å². The van der Waals surface area contributed by atoms with Gasteiger partial charge in [-0.2, -0.15) is 0 Å². The molecule has 6 rings (SSSR count). The van der Waals surface area contributed by atoms with Gasteiger partial charge >= 0.3 is 6.03 Å². The lowest BCUT2D eigenvalue weighted by Crippen LogP contribution is -2.49. The minimum Gasteiger partial charge on any atom is -0.506 e. The molecule has 0 saturated carbocycles. The van der Waals surface area contributed by atoms with E-state index in [4.69, 9.17) is 5.73 Å². The average Bonchev–Trinajstić information content (AvgIpc) is 3.61. The van der Waals surface area contributed by atoms with Gasteiger partial charge in [0.15, 0.2) is 0 Å². The van der Waals surface area contributed by atoms with Gasteiger partial charge in [0.1, 0.15) is 11.2 Å². The second-order valence-electron chi connectivity index (χ2n) is 13.1. The molecule has 264 valence electrons. The third-order valence-electron chi connectivity index (χ3n) is 9.82. The van der Waals surface area contributed by atoms with Crippen LogP contribution in [0.2, 0.25) is 0 Å². The minimum absolute atomic E-state index is 0.0156. The van der Waals surface area contributed by atoms with Crippen molar-refractivity contribution in [2.75, 3.05) is 32.7 Å². The van der Waals surface area contributed by atoms with E-state index in [0.717, 1.165) is 35.2 Å². The van der Waals surface area contributed by atoms with Crippen molar-refractivity contribution in [3.63, 3.8) is 0 Å². The van der Waals surface area contributed by atoms with Gasteiger partial charge in [-0.05, 0) is 58.8 Å². The highest BCUT2D eigenvalue weighted by Gasteiger charge is 2.49. The van der Waals surface area contributed by atoms with Gasteiger partial charge in [0.05, 0.1) is 11.6 Å². The molecule has 11 heteroatoms. The zero-order chi connectivity index (χ0) is 35.8. The highest BCUT2D eigenvalue weighted by Crippen LogP contribution is 2.43. The lowest BCUT2D eigenvalue weighted by Gasteiger charge is -2.37. The van der Waals surface area contributed by atoms with Crippen LogP contribution in [0.15, 0.2) is 114 Å². The molecule has 0 aliphatic carbocycles. The largest absolute Gasteiger partial charge is 0.506 e. The predicted molar refractivity (Wildman–Crippen MR) is 197 cm³/mol. The number of pyridine rings is 1. The molecule has 0 unspecified atom stereocenters. The molecule has 1 aromatic heterocycles. The molecule has 5 aromatic rings. The highest BCUT2D eigenvalue weighted by atomic mass is 16.3. The number of urea groups is 1. The van der Waals surface area contributed by atoms with E-state index < -0.39 is 11.5 Å². The molecule has 1 aliphatic rings. The van der Waals surface area contributed by atoms with Gasteiger partial charge in [-0.25, -0.2) is 4.79 Å². The van der Waals surface area contributed by atoms with Crippen LogP contribution in [-0.4, -0.2) is 64.8 Å². The molecule has 4 aromatic carbocycles. The Bertz CT molecular complexity index is 1980. The number of aromatic nitrogens is 1. The number of aromatic hydroxyl groups is 1. The first-order valence-electron chi connectivity index (χ1n) is 17.2. The summed E-state index contributed by atoms with van der Waals surface area (Å²) in [5, 5.41) is 30.7. The van der Waals surface area contributed by atoms with Gasteiger partial charge < -0.3 is 41.8 Å². The zero-order valence-electron chi connectivity index (χ0n) is 28.3. The van der Waals surface area contributed by atoms with Gasteiger partial charge in [-0.3, -0.25) is 9.59 Å². The quantitative estimate of drug-likeness (QED) is 0.0933. The van der Waals surface area contributed by atoms with E-state index in [1.165, 1.54) is 12.1 Å². The fourth-order valence-electron chi connectivity index (χ4n) is 7.35. The maximum Gasteiger partial charge on any atom is 0.315 e. The van der Waals surface area contributed by atoms with E-state index in [0.29, 0.717) is 49.2 Å². The number of aliphatic hydroxyl groups excluding tert-OH is 1. The van der Waals surface area contributed by atoms with Gasteiger partial charge in [-0.1, -0.05) is 91.0 Å². The van der Waals surface area contributed by atoms with Gasteiger partial charge in [0.2, 0.25) is 11.5 Å². The Morgan fingerprint density at radius 1 is 0.882 bits per heavy atom. The van der Waals surface area contributed by atoms with Crippen molar-refractivity contribution >= 4 is 22.8 Å². The Hall–Kier alpha value is -5.49. The Balaban J connectivity index is 0.966. The summed E-state index contributed by atoms with van der Waals surface area (Å²) in [6.45, 7) is 3.68. The molecule has 0 spiro atoms. The number of nitrogens with zero attached hydrogens (tertiary/aromatic N) is 1. The van der Waals surface area contributed by atoms with E-state index in [2.05, 4.69) is 25.8 Å². The van der Waals surface area contributed by atoms with Crippen molar-refractivity contribution in [3.05, 3.63) is 147 Å². The number of primary amides is 1. The Labute approximate surface area is 296 Å². The van der Waals surface area contributed by atoms with E-state index in [-0.39, 0.29) is 35.7 Å². The van der Waals surface area contributed by atoms with Crippen LogP contribution in [0.1, 0.15) is 40.3 Å². The van der Waals surface area contributed by atoms with Gasteiger partial charge in [0.25, 0.3) is 0 Å². The summed E-state index contributed by atoms with van der Waals surface area (Å²) in [5.41, 5.74) is 9.55. The number of amides is 3. The summed E-state index contributed by atoms with van der Waals surface area (Å²) < 4.78 is 0. The molecule has 0 radical (unpaired) electrons. The number of rotatable bonds is 14. The Kier molecular flexibility index (Phi) is 11.1. The maximum absolute atomic E-state index is 13.3. The van der Waals surface area contributed by atoms with Crippen LogP contribution in [0.4, 0.5) is 4.79 Å². The fraction of sp³-hybridized carbons (Fsp3) is 0.275. The lowest BCUT2D eigenvalue weighted by molar-refractivity contribution is -0.123. The van der Waals surface area contributed by atoms with Crippen molar-refractivity contribution in [2.24, 2.45) is 11.7 Å². The summed E-state index contributed by atoms with van der Waals surface area (Å²) in [7, 11) is 0. The molecule has 0 bridgehead atoms. The second kappa shape index (κ2) is 16.0. The summed E-state index contributed by atoms with van der Waals surface area (Å²) >= 11 is 0. The van der Waals surface area contributed by atoms with Crippen LogP contribution < -0.4 is 27.2 Å². The zero-order valence-corrected chi connectivity index (χ0v) is 28.3. The summed E-state index contributed by atoms with van der Waals surface area (Å²) in [6.07, 6.45) is -0.0591. The van der Waals surface area contributed by atoms with Crippen LogP contribution >= 0.6 is 0 Å². The maximum atomic E-state index is 13.3. The summed E-state index contributed by atoms with van der Waals surface area (Å²) in [6, 6.07) is 33.2. The summed E-state index contributed by atoms with van der Waals surface area (Å²) in [4.78, 5) is 42.6. The predicted octanol–water partition coefficient (Wildman–Crippen LogP) is 3.65. The van der Waals surface area contributed by atoms with Crippen LogP contribution in [0, 0.1) is 5.92 Å². The molecular weight excluding hydrogens is 644 g/mol. The molecule has 1 aliphatic heterocycles. The number of phenolic OH excluding ortho intramolecular Hbond substituents is 1. The fourth-order valence-corrected chi connectivity index (χ4v) is 7.35. The number of aromatic amines is 1. The van der Waals surface area contributed by atoms with E-state index in [9.17, 15) is 24.6 Å². The molecular formula is C40H44N6O5. The standard InChI is InChI=1S/C40H44N6O5/c41-38(50)40(29-10-3-1-4-11-29,30-12-5-2-6-13-30)31-18-20-46(26-31)21-19-43-39(51)44-24-28-9-7-8-27(22-28)23-42-25-35(48)32-14-16-34(47)37-33(32)15-17-36(49)45-37/h1-17,22,31,35,42,47-48H,18-21,23-26H2,(H2,41,50)(H,45,49)(H2,43,44,51)/t31-,35+/m1/s1. The van der Waals surface area contributed by atoms with E-state index in [1.807, 2.05) is 84.9 Å². The number of phenols is 1. The van der Waals surface area contributed by atoms with Crippen molar-refractivity contribution in [1.82, 2.24) is 25.8 Å². The Morgan fingerprint density at radius 3 is 2.25 bits per heavy atom. The Morgan fingerprint density at radius 2 is 1.57 bits per heavy atom. The molecule has 2 heterocycles. The average molecular weight is 689 g/mol. The second-order valence-corrected chi connectivity index (χ2v) is 13.1. The molecule has 8 N–H and O–H groups in total. The number of benzene rings is 4. The number of fused-ring (bicyclic) bond motifs is 1. The van der Waals surface area contributed by atoms with Crippen LogP contribution in [-0.2, 0) is 23.3 Å². The number of carbonyl (C=O) groups excluding carboxylic acids is 2. The molecule has 2 atom stereocenters. The van der Waals surface area contributed by atoms with Crippen LogP contribution in [0.5, 0.6) is 5.75 Å². The number of nitrogens with one attached hydrogen (secondary N) is 4. The third-order valence-corrected chi connectivity index (χ3v) is 9.82. The van der Waals surface area contributed by atoms with Crippen molar-refractivity contribution in [3.8, 4) is 5.75 Å². The van der Waals surface area contributed by atoms with Crippen LogP contribution in [0.25, 0.3) is 10.9 Å². The van der Waals surface area contributed by atoms with Crippen LogP contribution in [0.3, 0.4) is 0 Å². The normalized spacial score (nSPS) is 15.4. The van der Waals surface area contributed by atoms with Gasteiger partial charge in [0, 0.05) is 50.7 Å². The first-order valence-corrected chi connectivity index (χ1v) is 17.2. The van der Waals surface area contributed by atoms with Gasteiger partial charge in [-0.15, -0.1) is 0 Å². The van der Waals surface area contributed by atoms with E-state index in [1.54, 1.807) is 12.1 Å². The number of nitrogens with two attached hydrogens (primary N) is 1. The topological polar surface area (TPSA) is 173 Å². The minimum atomic E-state index is -0.948. The smallest absolute Gasteiger partial charge is 0.315 e. The lowest BCUT2D eigenvalue weighted by atomic mass is 9.64. The van der Waals surface area contributed by atoms with Crippen molar-refractivity contribution in [1.29, 1.82) is 0 Å². The number of carbonyl (C=O) groups is 2. The van der Waals surface area contributed by atoms with Crippen molar-refractivity contribution in [2.45, 2.75) is 31.0 Å². The first kappa shape index (κ1) is 35.3. The monoisotopic (exact) mass is 688 g/mol. The highest BCUT2D eigenvalue weighted by molar-refractivity contribution is 5.91.